The summed E-state index contributed by atoms with van der Waals surface area (Å²) in [6, 6.07) is 24.9. The summed E-state index contributed by atoms with van der Waals surface area (Å²) in [4.78, 5) is 16.4. The fourth-order valence-electron chi connectivity index (χ4n) is 5.65. The van der Waals surface area contributed by atoms with Gasteiger partial charge in [0.25, 0.3) is 0 Å². The van der Waals surface area contributed by atoms with Gasteiger partial charge in [-0.3, -0.25) is 0 Å². The molecule has 0 aliphatic carbocycles. The molecule has 210 valence electrons. The van der Waals surface area contributed by atoms with E-state index < -0.39 is 6.36 Å². The number of rotatable bonds is 3. The van der Waals surface area contributed by atoms with Gasteiger partial charge in [0.15, 0.2) is 10.7 Å². The van der Waals surface area contributed by atoms with Gasteiger partial charge in [0.2, 0.25) is 0 Å². The number of aromatic nitrogens is 2. The summed E-state index contributed by atoms with van der Waals surface area (Å²) in [6.07, 6.45) is -4.82. The van der Waals surface area contributed by atoms with Gasteiger partial charge in [-0.05, 0) is 53.4 Å². The molecule has 0 atom stereocenters. The van der Waals surface area contributed by atoms with Gasteiger partial charge in [0.05, 0.1) is 21.2 Å². The second-order valence-corrected chi connectivity index (χ2v) is 10.2. The number of ether oxygens (including phenoxy) is 1. The van der Waals surface area contributed by atoms with Crippen molar-refractivity contribution in [3.8, 4) is 28.0 Å². The Hall–Kier alpha value is -6.13. The number of fused-ring (bicyclic) bond motifs is 6. The lowest BCUT2D eigenvalue weighted by Crippen LogP contribution is -2.17. The van der Waals surface area contributed by atoms with Crippen molar-refractivity contribution in [2.45, 2.75) is 13.3 Å². The molecule has 0 radical (unpaired) electrons. The van der Waals surface area contributed by atoms with Crippen LogP contribution >= 0.6 is 0 Å². The van der Waals surface area contributed by atoms with E-state index in [4.69, 9.17) is 23.1 Å². The van der Waals surface area contributed by atoms with Crippen molar-refractivity contribution in [2.75, 3.05) is 0 Å². The lowest BCUT2D eigenvalue weighted by Gasteiger charge is -2.10. The zero-order chi connectivity index (χ0) is 30.6. The lowest BCUT2D eigenvalue weighted by atomic mass is 10.0. The number of hydrogen-bond acceptors (Lipinski definition) is 5. The highest BCUT2D eigenvalue weighted by atomic mass is 19.4. The number of alkyl halides is 3. The minimum atomic E-state index is -4.82. The molecule has 0 saturated carbocycles. The van der Waals surface area contributed by atoms with E-state index >= 15 is 0 Å². The largest absolute Gasteiger partial charge is 0.573 e. The van der Waals surface area contributed by atoms with Gasteiger partial charge in [-0.15, -0.1) is 23.1 Å². The van der Waals surface area contributed by atoms with E-state index in [0.29, 0.717) is 54.7 Å². The Kier molecular flexibility index (Phi) is 6.08. The second kappa shape index (κ2) is 10.0. The number of hydrogen-bond donors (Lipinski definition) is 0. The topological polar surface area (TPSA) is 68.5 Å². The SMILES string of the molecule is [C-]#[N+]/N=c1/c2cc(-c3cccc(OC(F)(F)F)c3)ccc2c2nc3/c(=N/[N+]#[C-])c4cc(-c5cccc(C)c5)ccc4c3nc12. The van der Waals surface area contributed by atoms with E-state index in [-0.39, 0.29) is 5.75 Å². The molecule has 0 aliphatic heterocycles. The molecule has 0 unspecified atom stereocenters. The Morgan fingerprint density at radius 3 is 1.61 bits per heavy atom. The minimum Gasteiger partial charge on any atom is -0.406 e. The van der Waals surface area contributed by atoms with Crippen LogP contribution in [0.25, 0.3) is 75.8 Å². The van der Waals surface area contributed by atoms with Crippen LogP contribution in [0, 0.1) is 20.1 Å². The summed E-state index contributed by atoms with van der Waals surface area (Å²) < 4.78 is 42.5. The highest BCUT2D eigenvalue weighted by Gasteiger charge is 2.31. The molecule has 1 aromatic heterocycles. The molecule has 7 rings (SSSR count). The summed E-state index contributed by atoms with van der Waals surface area (Å²) in [5.74, 6) is -0.343. The molecule has 7 nitrogen and oxygen atoms in total. The van der Waals surface area contributed by atoms with Crippen molar-refractivity contribution in [3.63, 3.8) is 0 Å². The molecule has 44 heavy (non-hydrogen) atoms. The van der Waals surface area contributed by atoms with Crippen LogP contribution in [0.4, 0.5) is 13.2 Å². The van der Waals surface area contributed by atoms with Crippen molar-refractivity contribution in [2.24, 2.45) is 10.2 Å². The van der Waals surface area contributed by atoms with Crippen molar-refractivity contribution < 1.29 is 17.9 Å². The molecule has 7 aromatic rings. The summed E-state index contributed by atoms with van der Waals surface area (Å²) in [5, 5.41) is 11.6. The summed E-state index contributed by atoms with van der Waals surface area (Å²) in [7, 11) is 0. The third kappa shape index (κ3) is 4.46. The molecule has 10 heteroatoms. The molecule has 6 aromatic carbocycles. The normalized spacial score (nSPS) is 12.8. The highest BCUT2D eigenvalue weighted by Crippen LogP contribution is 2.33. The van der Waals surface area contributed by atoms with Crippen LogP contribution in [0.2, 0.25) is 0 Å². The van der Waals surface area contributed by atoms with Gasteiger partial charge in [0, 0.05) is 21.5 Å². The zero-order valence-corrected chi connectivity index (χ0v) is 22.8. The molecule has 0 fully saturated rings. The second-order valence-electron chi connectivity index (χ2n) is 10.2. The van der Waals surface area contributed by atoms with Crippen LogP contribution < -0.4 is 15.5 Å². The van der Waals surface area contributed by atoms with Gasteiger partial charge in [0.1, 0.15) is 16.8 Å². The molecule has 1 heterocycles. The van der Waals surface area contributed by atoms with Crippen LogP contribution in [0.5, 0.6) is 5.75 Å². The van der Waals surface area contributed by atoms with Gasteiger partial charge >= 0.3 is 6.36 Å². The Bertz CT molecular complexity index is 2510. The van der Waals surface area contributed by atoms with E-state index in [9.17, 15) is 13.2 Å². The fraction of sp³-hybridized carbons (Fsp3) is 0.0588. The molecular weight excluding hydrogens is 565 g/mol. The first-order chi connectivity index (χ1) is 21.2. The first-order valence-electron chi connectivity index (χ1n) is 13.3. The van der Waals surface area contributed by atoms with Gasteiger partial charge in [-0.25, -0.2) is 9.97 Å². The monoisotopic (exact) mass is 582 g/mol. The van der Waals surface area contributed by atoms with E-state index in [0.717, 1.165) is 27.5 Å². The molecular formula is C34H17F3N6O. The van der Waals surface area contributed by atoms with E-state index in [2.05, 4.69) is 30.9 Å². The molecule has 0 saturated heterocycles. The Morgan fingerprint density at radius 2 is 1.11 bits per heavy atom. The summed E-state index contributed by atoms with van der Waals surface area (Å²) in [5.41, 5.74) is 6.05. The highest BCUT2D eigenvalue weighted by molar-refractivity contribution is 6.15. The standard InChI is InChI=1S/C34H17F3N6O/c1-18-6-4-7-19(14-18)21-10-12-24-26(16-21)30(42-38-2)32-28(24)40-33-29(41-32)25-13-11-22(17-27(25)31(33)43-39-3)20-8-5-9-23(15-20)44-34(35,36)37/h4-17H,1H3/b42-30+,43-31-. The first-order valence-corrected chi connectivity index (χ1v) is 13.3. The van der Waals surface area contributed by atoms with Crippen molar-refractivity contribution in [1.29, 1.82) is 0 Å². The van der Waals surface area contributed by atoms with Crippen LogP contribution in [0.15, 0.2) is 95.1 Å². The zero-order valence-electron chi connectivity index (χ0n) is 22.8. The predicted molar refractivity (Wildman–Crippen MR) is 161 cm³/mol. The third-order valence-electron chi connectivity index (χ3n) is 7.46. The smallest absolute Gasteiger partial charge is 0.406 e. The molecule has 0 N–H and O–H groups in total. The molecule has 0 amide bonds. The Balaban J connectivity index is 1.48. The summed E-state index contributed by atoms with van der Waals surface area (Å²) in [6.45, 7) is 17.0. The van der Waals surface area contributed by atoms with Gasteiger partial charge < -0.3 is 4.74 Å². The quantitative estimate of drug-likeness (QED) is 0.157. The lowest BCUT2D eigenvalue weighted by molar-refractivity contribution is -0.274. The summed E-state index contributed by atoms with van der Waals surface area (Å²) >= 11 is 0. The Morgan fingerprint density at radius 1 is 0.614 bits per heavy atom. The number of nitrogens with zero attached hydrogens (tertiary/aromatic N) is 6. The van der Waals surface area contributed by atoms with E-state index in [1.165, 1.54) is 18.2 Å². The van der Waals surface area contributed by atoms with Crippen LogP contribution in [-0.2, 0) is 0 Å². The third-order valence-corrected chi connectivity index (χ3v) is 7.46. The van der Waals surface area contributed by atoms with Gasteiger partial charge in [-0.2, -0.15) is 13.1 Å². The number of benzene rings is 4. The minimum absolute atomic E-state index is 0.304. The Labute approximate surface area is 247 Å². The average molecular weight is 583 g/mol. The van der Waals surface area contributed by atoms with Crippen LogP contribution in [-0.4, -0.2) is 16.3 Å². The van der Waals surface area contributed by atoms with Crippen molar-refractivity contribution in [3.05, 3.63) is 124 Å². The van der Waals surface area contributed by atoms with E-state index in [1.54, 1.807) is 24.3 Å². The first kappa shape index (κ1) is 26.7. The molecule has 0 aliphatic rings. The molecule has 0 spiro atoms. The van der Waals surface area contributed by atoms with Gasteiger partial charge in [-0.1, -0.05) is 66.2 Å². The fourth-order valence-corrected chi connectivity index (χ4v) is 5.65. The predicted octanol–water partition coefficient (Wildman–Crippen LogP) is 7.98. The van der Waals surface area contributed by atoms with Crippen LogP contribution in [0.3, 0.4) is 0 Å². The average Bonchev–Trinajstić information content (AvgIpc) is 3.46. The number of aryl methyl sites for hydroxylation is 1. The van der Waals surface area contributed by atoms with E-state index in [1.807, 2.05) is 43.3 Å². The maximum Gasteiger partial charge on any atom is 0.573 e. The van der Waals surface area contributed by atoms with Crippen LogP contribution in [0.1, 0.15) is 5.56 Å². The number of halogens is 3. The maximum absolute atomic E-state index is 12.8. The molecule has 0 bridgehead atoms. The van der Waals surface area contributed by atoms with Crippen molar-refractivity contribution in [1.82, 2.24) is 9.97 Å². The maximum atomic E-state index is 12.8. The van der Waals surface area contributed by atoms with Crippen molar-refractivity contribution >= 4 is 43.6 Å².